The lowest BCUT2D eigenvalue weighted by molar-refractivity contribution is 0.713. The number of hydrogen-bond acceptors (Lipinski definition) is 3. The molecule has 2 N–H and O–H groups in total. The van der Waals surface area contributed by atoms with E-state index in [1.165, 1.54) is 11.1 Å². The van der Waals surface area contributed by atoms with E-state index in [4.69, 9.17) is 0 Å². The molecule has 0 unspecified atom stereocenters. The number of rotatable bonds is 7. The molecule has 0 saturated heterocycles. The minimum absolute atomic E-state index is 0.776. The zero-order chi connectivity index (χ0) is 18.2. The van der Waals surface area contributed by atoms with E-state index in [0.29, 0.717) is 0 Å². The van der Waals surface area contributed by atoms with Crippen molar-refractivity contribution in [1.29, 1.82) is 0 Å². The maximum absolute atomic E-state index is 4.30. The van der Waals surface area contributed by atoms with Crippen molar-refractivity contribution in [2.75, 3.05) is 13.6 Å². The number of aliphatic imine (C=N–C) groups is 1. The minimum Gasteiger partial charge on any atom is -0.356 e. The van der Waals surface area contributed by atoms with Gasteiger partial charge in [-0.3, -0.25) is 9.39 Å². The Labute approximate surface area is 154 Å². The van der Waals surface area contributed by atoms with Gasteiger partial charge in [0.15, 0.2) is 11.6 Å². The average Bonchev–Trinajstić information content (AvgIpc) is 3.11. The first-order valence-electron chi connectivity index (χ1n) is 9.11. The molecule has 0 saturated carbocycles. The van der Waals surface area contributed by atoms with Crippen LogP contribution in [0.1, 0.15) is 30.3 Å². The predicted octanol–water partition coefficient (Wildman–Crippen LogP) is 2.59. The third-order valence-corrected chi connectivity index (χ3v) is 4.42. The number of guanidine groups is 1. The largest absolute Gasteiger partial charge is 0.356 e. The molecule has 0 atom stereocenters. The summed E-state index contributed by atoms with van der Waals surface area (Å²) in [5.74, 6) is 1.81. The van der Waals surface area contributed by atoms with E-state index in [2.05, 4.69) is 57.0 Å². The summed E-state index contributed by atoms with van der Waals surface area (Å²) in [4.78, 5) is 4.30. The highest BCUT2D eigenvalue weighted by Crippen LogP contribution is 2.09. The van der Waals surface area contributed by atoms with Gasteiger partial charge < -0.3 is 10.6 Å². The van der Waals surface area contributed by atoms with Crippen molar-refractivity contribution in [2.45, 2.75) is 32.7 Å². The van der Waals surface area contributed by atoms with Crippen LogP contribution in [0, 0.1) is 0 Å². The molecule has 0 radical (unpaired) electrons. The van der Waals surface area contributed by atoms with Crippen molar-refractivity contribution < 1.29 is 0 Å². The molecule has 0 amide bonds. The number of hydrogen-bond donors (Lipinski definition) is 2. The van der Waals surface area contributed by atoms with Gasteiger partial charge in [0, 0.05) is 32.8 Å². The van der Waals surface area contributed by atoms with Crippen molar-refractivity contribution in [2.24, 2.45) is 4.99 Å². The monoisotopic (exact) mass is 350 g/mol. The molecule has 0 aliphatic heterocycles. The van der Waals surface area contributed by atoms with Crippen LogP contribution in [-0.2, 0) is 19.4 Å². The minimum atomic E-state index is 0.776. The van der Waals surface area contributed by atoms with Crippen LogP contribution in [0.2, 0.25) is 0 Å². The van der Waals surface area contributed by atoms with E-state index < -0.39 is 0 Å². The zero-order valence-corrected chi connectivity index (χ0v) is 15.4. The second-order valence-corrected chi connectivity index (χ2v) is 6.12. The van der Waals surface area contributed by atoms with E-state index >= 15 is 0 Å². The SMILES string of the molecule is CCc1ccccc1CNC(=NC)NCCCc1nnc2ccccn12. The van der Waals surface area contributed by atoms with Crippen LogP contribution in [0.3, 0.4) is 0 Å². The quantitative estimate of drug-likeness (QED) is 0.390. The fourth-order valence-electron chi connectivity index (χ4n) is 2.99. The molecule has 6 nitrogen and oxygen atoms in total. The number of nitrogens with one attached hydrogen (secondary N) is 2. The topological polar surface area (TPSA) is 66.6 Å². The van der Waals surface area contributed by atoms with Crippen LogP contribution in [0.15, 0.2) is 53.7 Å². The fraction of sp³-hybridized carbons (Fsp3) is 0.350. The lowest BCUT2D eigenvalue weighted by Gasteiger charge is -2.13. The maximum atomic E-state index is 4.30. The lowest BCUT2D eigenvalue weighted by atomic mass is 10.1. The van der Waals surface area contributed by atoms with Crippen LogP contribution in [0.25, 0.3) is 5.65 Å². The molecule has 0 fully saturated rings. The molecule has 3 rings (SSSR count). The Morgan fingerprint density at radius 2 is 1.85 bits per heavy atom. The Morgan fingerprint density at radius 1 is 1.04 bits per heavy atom. The van der Waals surface area contributed by atoms with Gasteiger partial charge in [0.2, 0.25) is 0 Å². The van der Waals surface area contributed by atoms with Crippen molar-refractivity contribution in [3.8, 4) is 0 Å². The molecule has 6 heteroatoms. The molecule has 136 valence electrons. The first-order chi connectivity index (χ1) is 12.8. The highest BCUT2D eigenvalue weighted by Gasteiger charge is 2.05. The Kier molecular flexibility index (Phi) is 6.19. The molecule has 0 aliphatic carbocycles. The zero-order valence-electron chi connectivity index (χ0n) is 15.4. The Hall–Kier alpha value is -2.89. The fourth-order valence-corrected chi connectivity index (χ4v) is 2.99. The van der Waals surface area contributed by atoms with Gasteiger partial charge in [-0.25, -0.2) is 0 Å². The molecule has 0 aliphatic rings. The second kappa shape index (κ2) is 8.99. The summed E-state index contributed by atoms with van der Waals surface area (Å²) in [6.45, 7) is 3.79. The summed E-state index contributed by atoms with van der Waals surface area (Å²) in [7, 11) is 1.80. The van der Waals surface area contributed by atoms with Crippen molar-refractivity contribution >= 4 is 11.6 Å². The standard InChI is InChI=1S/C20H26N6/c1-3-16-9-4-5-10-17(16)15-23-20(21-2)22-13-8-12-19-25-24-18-11-6-7-14-26(18)19/h4-7,9-11,14H,3,8,12-13,15H2,1-2H3,(H2,21,22,23). The third kappa shape index (κ3) is 4.39. The smallest absolute Gasteiger partial charge is 0.191 e. The Bertz CT molecular complexity index is 867. The van der Waals surface area contributed by atoms with Crippen molar-refractivity contribution in [1.82, 2.24) is 25.2 Å². The van der Waals surface area contributed by atoms with Crippen molar-refractivity contribution in [3.63, 3.8) is 0 Å². The van der Waals surface area contributed by atoms with Crippen molar-refractivity contribution in [3.05, 3.63) is 65.6 Å². The molecule has 2 aromatic heterocycles. The summed E-state index contributed by atoms with van der Waals surface area (Å²) in [6, 6.07) is 14.4. The number of pyridine rings is 1. The van der Waals surface area contributed by atoms with Crippen LogP contribution >= 0.6 is 0 Å². The number of benzene rings is 1. The number of aryl methyl sites for hydroxylation is 2. The Morgan fingerprint density at radius 3 is 2.65 bits per heavy atom. The number of fused-ring (bicyclic) bond motifs is 1. The van der Waals surface area contributed by atoms with E-state index in [9.17, 15) is 0 Å². The molecule has 1 aromatic carbocycles. The predicted molar refractivity (Wildman–Crippen MR) is 105 cm³/mol. The van der Waals surface area contributed by atoms with E-state index in [1.54, 1.807) is 7.05 Å². The van der Waals surface area contributed by atoms with Crippen LogP contribution < -0.4 is 10.6 Å². The van der Waals surface area contributed by atoms with Gasteiger partial charge in [0.05, 0.1) is 0 Å². The van der Waals surface area contributed by atoms with Gasteiger partial charge in [-0.1, -0.05) is 37.3 Å². The number of aromatic nitrogens is 3. The van der Waals surface area contributed by atoms with Gasteiger partial charge in [-0.05, 0) is 36.1 Å². The highest BCUT2D eigenvalue weighted by atomic mass is 15.2. The average molecular weight is 350 g/mol. The highest BCUT2D eigenvalue weighted by molar-refractivity contribution is 5.79. The summed E-state index contributed by atoms with van der Waals surface area (Å²) in [5, 5.41) is 15.2. The molecular weight excluding hydrogens is 324 g/mol. The van der Waals surface area contributed by atoms with Gasteiger partial charge in [-0.2, -0.15) is 0 Å². The summed E-state index contributed by atoms with van der Waals surface area (Å²) in [6.07, 6.45) is 4.87. The van der Waals surface area contributed by atoms with Crippen LogP contribution in [0.4, 0.5) is 0 Å². The first-order valence-corrected chi connectivity index (χ1v) is 9.11. The lowest BCUT2D eigenvalue weighted by Crippen LogP contribution is -2.37. The summed E-state index contributed by atoms with van der Waals surface area (Å²) < 4.78 is 2.04. The van der Waals surface area contributed by atoms with Gasteiger partial charge in [-0.15, -0.1) is 10.2 Å². The summed E-state index contributed by atoms with van der Waals surface area (Å²) >= 11 is 0. The molecule has 3 aromatic rings. The maximum Gasteiger partial charge on any atom is 0.191 e. The summed E-state index contributed by atoms with van der Waals surface area (Å²) in [5.41, 5.74) is 3.57. The van der Waals surface area contributed by atoms with Crippen LogP contribution in [-0.4, -0.2) is 34.2 Å². The first kappa shape index (κ1) is 17.9. The van der Waals surface area contributed by atoms with Gasteiger partial charge in [0.1, 0.15) is 5.82 Å². The van der Waals surface area contributed by atoms with Gasteiger partial charge >= 0.3 is 0 Å². The van der Waals surface area contributed by atoms with Crippen LogP contribution in [0.5, 0.6) is 0 Å². The molecule has 0 spiro atoms. The van der Waals surface area contributed by atoms with E-state index in [-0.39, 0.29) is 0 Å². The molecular formula is C20H26N6. The van der Waals surface area contributed by atoms with E-state index in [1.807, 2.05) is 28.8 Å². The third-order valence-electron chi connectivity index (χ3n) is 4.42. The molecule has 2 heterocycles. The second-order valence-electron chi connectivity index (χ2n) is 6.12. The van der Waals surface area contributed by atoms with Gasteiger partial charge in [0.25, 0.3) is 0 Å². The Balaban J connectivity index is 1.46. The normalized spacial score (nSPS) is 11.7. The molecule has 26 heavy (non-hydrogen) atoms. The number of nitrogens with zero attached hydrogens (tertiary/aromatic N) is 4. The molecule has 0 bridgehead atoms. The van der Waals surface area contributed by atoms with E-state index in [0.717, 1.165) is 49.8 Å².